The summed E-state index contributed by atoms with van der Waals surface area (Å²) in [5, 5.41) is 1.46. The van der Waals surface area contributed by atoms with E-state index in [0.717, 1.165) is 28.1 Å². The number of hydrogen-bond donors (Lipinski definition) is 0. The molecule has 5 aromatic rings. The zero-order valence-electron chi connectivity index (χ0n) is 25.1. The fraction of sp³-hybridized carbons (Fsp3) is 0.250. The first kappa shape index (κ1) is 32.3. The minimum Gasteiger partial charge on any atom is -0.360 e. The van der Waals surface area contributed by atoms with Crippen LogP contribution >= 0.6 is 0 Å². The molecule has 0 N–H and O–H groups in total. The Hall–Kier alpha value is -3.24. The molecule has 0 saturated heterocycles. The van der Waals surface area contributed by atoms with Crippen LogP contribution < -0.4 is 5.19 Å². The fourth-order valence-electron chi connectivity index (χ4n) is 4.44. The second-order valence-electron chi connectivity index (χ2n) is 12.2. The summed E-state index contributed by atoms with van der Waals surface area (Å²) >= 11 is 0. The average Bonchev–Trinajstić information content (AvgIpc) is 2.97. The Kier molecular flexibility index (Phi) is 11.1. The third-order valence-corrected chi connectivity index (χ3v) is 9.28. The summed E-state index contributed by atoms with van der Waals surface area (Å²) in [6.07, 6.45) is 7.59. The average molecular weight is 734 g/mol. The van der Waals surface area contributed by atoms with E-state index in [4.69, 9.17) is 4.98 Å². The fourth-order valence-corrected chi connectivity index (χ4v) is 6.05. The number of hydrogen-bond acceptors (Lipinski definition) is 3. The molecule has 213 valence electrons. The SMILES string of the molecule is CC(c1cc(-c2[c-]ccnc2)ncc1[Si](C)(C)C)C(C)(C)C.[Ir].[c-]1ccccc1-c1ccc(-c2ccccc2)cn1. The Bertz CT molecular complexity index is 1430. The molecule has 1 radical (unpaired) electrons. The van der Waals surface area contributed by atoms with Crippen molar-refractivity contribution in [1.82, 2.24) is 15.0 Å². The minimum atomic E-state index is -1.43. The molecule has 3 nitrogen and oxygen atoms in total. The first-order chi connectivity index (χ1) is 19.0. The van der Waals surface area contributed by atoms with Crippen LogP contribution in [0.5, 0.6) is 0 Å². The van der Waals surface area contributed by atoms with Crippen molar-refractivity contribution in [1.29, 1.82) is 0 Å². The molecule has 5 rings (SSSR count). The van der Waals surface area contributed by atoms with Crippen LogP contribution in [-0.4, -0.2) is 23.0 Å². The van der Waals surface area contributed by atoms with Crippen LogP contribution in [0.3, 0.4) is 0 Å². The maximum atomic E-state index is 4.70. The van der Waals surface area contributed by atoms with E-state index in [-0.39, 0.29) is 25.5 Å². The van der Waals surface area contributed by atoms with E-state index >= 15 is 0 Å². The predicted octanol–water partition coefficient (Wildman–Crippen LogP) is 8.85. The van der Waals surface area contributed by atoms with Gasteiger partial charge in [-0.25, -0.2) is 0 Å². The van der Waals surface area contributed by atoms with Crippen LogP contribution in [0.1, 0.15) is 39.2 Å². The Morgan fingerprint density at radius 1 is 0.707 bits per heavy atom. The number of rotatable bonds is 5. The van der Waals surface area contributed by atoms with Crippen molar-refractivity contribution < 1.29 is 20.1 Å². The monoisotopic (exact) mass is 734 g/mol. The molecule has 0 saturated carbocycles. The van der Waals surface area contributed by atoms with Crippen molar-refractivity contribution >= 4 is 13.3 Å². The van der Waals surface area contributed by atoms with Gasteiger partial charge in [0.15, 0.2) is 0 Å². The summed E-state index contributed by atoms with van der Waals surface area (Å²) in [6, 6.07) is 32.8. The summed E-state index contributed by atoms with van der Waals surface area (Å²) in [5.41, 5.74) is 7.91. The second-order valence-corrected chi connectivity index (χ2v) is 17.3. The third-order valence-electron chi connectivity index (χ3n) is 7.24. The molecule has 0 bridgehead atoms. The van der Waals surface area contributed by atoms with Crippen LogP contribution in [-0.2, 0) is 20.1 Å². The first-order valence-electron chi connectivity index (χ1n) is 13.8. The molecule has 3 heterocycles. The van der Waals surface area contributed by atoms with Crippen molar-refractivity contribution in [2.45, 2.75) is 53.3 Å². The van der Waals surface area contributed by atoms with Crippen LogP contribution in [0.25, 0.3) is 33.6 Å². The van der Waals surface area contributed by atoms with E-state index in [1.165, 1.54) is 16.3 Å². The molecular formula is C36H39IrN3Si-2. The van der Waals surface area contributed by atoms with E-state index in [1.54, 1.807) is 6.20 Å². The Labute approximate surface area is 260 Å². The van der Waals surface area contributed by atoms with Gasteiger partial charge in [-0.05, 0) is 39.0 Å². The zero-order chi connectivity index (χ0) is 28.8. The van der Waals surface area contributed by atoms with E-state index in [0.29, 0.717) is 5.92 Å². The van der Waals surface area contributed by atoms with Gasteiger partial charge in [0, 0.05) is 32.5 Å². The van der Waals surface area contributed by atoms with E-state index < -0.39 is 8.07 Å². The van der Waals surface area contributed by atoms with Gasteiger partial charge in [0.1, 0.15) is 0 Å². The molecule has 5 heteroatoms. The van der Waals surface area contributed by atoms with Gasteiger partial charge in [-0.1, -0.05) is 114 Å². The van der Waals surface area contributed by atoms with Gasteiger partial charge >= 0.3 is 0 Å². The molecule has 0 aliphatic carbocycles. The molecule has 41 heavy (non-hydrogen) atoms. The second kappa shape index (κ2) is 14.1. The summed E-state index contributed by atoms with van der Waals surface area (Å²) in [4.78, 5) is 13.4. The molecule has 1 atom stereocenters. The van der Waals surface area contributed by atoms with Crippen LogP contribution in [0.15, 0.2) is 104 Å². The van der Waals surface area contributed by atoms with Crippen LogP contribution in [0.2, 0.25) is 19.6 Å². The van der Waals surface area contributed by atoms with Crippen molar-refractivity contribution in [3.8, 4) is 33.6 Å². The van der Waals surface area contributed by atoms with Gasteiger partial charge in [-0.3, -0.25) is 0 Å². The quantitative estimate of drug-likeness (QED) is 0.134. The molecular weight excluding hydrogens is 695 g/mol. The van der Waals surface area contributed by atoms with Gasteiger partial charge in [-0.2, -0.15) is 0 Å². The topological polar surface area (TPSA) is 38.7 Å². The smallest absolute Gasteiger partial charge is 0.0799 e. The van der Waals surface area contributed by atoms with Crippen molar-refractivity contribution in [3.63, 3.8) is 0 Å². The van der Waals surface area contributed by atoms with Crippen molar-refractivity contribution in [2.75, 3.05) is 0 Å². The Morgan fingerprint density at radius 2 is 1.39 bits per heavy atom. The molecule has 3 aromatic heterocycles. The van der Waals surface area contributed by atoms with E-state index in [2.05, 4.69) is 99.9 Å². The van der Waals surface area contributed by atoms with Gasteiger partial charge in [0.25, 0.3) is 0 Å². The van der Waals surface area contributed by atoms with Crippen molar-refractivity contribution in [2.24, 2.45) is 5.41 Å². The standard InChI is InChI=1S/C19H27N2Si.C17H12N.Ir/c1-14(19(2,3)4)16-11-17(15-9-8-10-20-12-15)21-13-18(16)22(5,6)7;1-3-7-14(8-4-1)16-11-12-17(18-13-16)15-9-5-2-6-10-15;/h8,10-14H,1-7H3;1-9,11-13H;/q2*-1;. The van der Waals surface area contributed by atoms with Gasteiger partial charge < -0.3 is 15.0 Å². The molecule has 0 spiro atoms. The number of aromatic nitrogens is 3. The summed E-state index contributed by atoms with van der Waals surface area (Å²) in [7, 11) is -1.43. The maximum Gasteiger partial charge on any atom is 0.0799 e. The van der Waals surface area contributed by atoms with Crippen molar-refractivity contribution in [3.05, 3.63) is 121 Å². The molecule has 0 aliphatic rings. The number of benzene rings is 2. The first-order valence-corrected chi connectivity index (χ1v) is 17.3. The van der Waals surface area contributed by atoms with Crippen LogP contribution in [0.4, 0.5) is 0 Å². The zero-order valence-corrected chi connectivity index (χ0v) is 28.5. The Balaban J connectivity index is 0.000000224. The number of nitrogens with zero attached hydrogens (tertiary/aromatic N) is 3. The van der Waals surface area contributed by atoms with Gasteiger partial charge in [0.2, 0.25) is 0 Å². The minimum absolute atomic E-state index is 0. The largest absolute Gasteiger partial charge is 0.360 e. The maximum absolute atomic E-state index is 4.70. The van der Waals surface area contributed by atoms with Gasteiger partial charge in [0.05, 0.1) is 8.07 Å². The normalized spacial score (nSPS) is 12.0. The molecule has 0 aliphatic heterocycles. The molecule has 0 fully saturated rings. The molecule has 2 aromatic carbocycles. The number of pyridine rings is 3. The Morgan fingerprint density at radius 3 is 1.95 bits per heavy atom. The molecule has 0 amide bonds. The predicted molar refractivity (Wildman–Crippen MR) is 171 cm³/mol. The third kappa shape index (κ3) is 8.62. The van der Waals surface area contributed by atoms with Gasteiger partial charge in [-0.15, -0.1) is 53.6 Å². The molecule has 1 unspecified atom stereocenters. The summed E-state index contributed by atoms with van der Waals surface area (Å²) in [5.74, 6) is 0.479. The summed E-state index contributed by atoms with van der Waals surface area (Å²) < 4.78 is 0. The van der Waals surface area contributed by atoms with E-state index in [9.17, 15) is 0 Å². The van der Waals surface area contributed by atoms with Crippen LogP contribution in [0, 0.1) is 17.5 Å². The van der Waals surface area contributed by atoms with E-state index in [1.807, 2.05) is 67.0 Å². The summed E-state index contributed by atoms with van der Waals surface area (Å²) in [6.45, 7) is 16.4.